The van der Waals surface area contributed by atoms with Crippen LogP contribution in [0.1, 0.15) is 5.82 Å². The molecule has 0 aliphatic carbocycles. The van der Waals surface area contributed by atoms with Crippen LogP contribution in [0.4, 0.5) is 0 Å². The molecule has 62 valence electrons. The Hall–Kier alpha value is -1.85. The fraction of sp³-hybridized carbons (Fsp3) is 0.167. The number of aromatic amines is 1. The van der Waals surface area contributed by atoms with Crippen molar-refractivity contribution in [3.8, 4) is 0 Å². The SMILES string of the molecule is Cc1nc2c(=O)[nH]cnc2n1O. The van der Waals surface area contributed by atoms with Crippen molar-refractivity contribution in [2.24, 2.45) is 0 Å². The van der Waals surface area contributed by atoms with Crippen molar-refractivity contribution >= 4 is 11.2 Å². The van der Waals surface area contributed by atoms with Crippen LogP contribution in [0.25, 0.3) is 11.2 Å². The molecule has 0 saturated heterocycles. The summed E-state index contributed by atoms with van der Waals surface area (Å²) >= 11 is 0. The Morgan fingerprint density at radius 2 is 2.42 bits per heavy atom. The number of hydrogen-bond donors (Lipinski definition) is 2. The van der Waals surface area contributed by atoms with Crippen molar-refractivity contribution in [1.29, 1.82) is 0 Å². The first-order chi connectivity index (χ1) is 5.70. The number of nitrogens with zero attached hydrogens (tertiary/aromatic N) is 3. The summed E-state index contributed by atoms with van der Waals surface area (Å²) in [6.07, 6.45) is 1.22. The van der Waals surface area contributed by atoms with Gasteiger partial charge in [0.25, 0.3) is 5.56 Å². The zero-order valence-corrected chi connectivity index (χ0v) is 6.27. The lowest BCUT2D eigenvalue weighted by atomic mass is 10.5. The number of imidazole rings is 1. The van der Waals surface area contributed by atoms with E-state index in [2.05, 4.69) is 15.0 Å². The maximum absolute atomic E-state index is 11.1. The van der Waals surface area contributed by atoms with Crippen molar-refractivity contribution in [1.82, 2.24) is 19.7 Å². The molecule has 0 aromatic carbocycles. The zero-order valence-electron chi connectivity index (χ0n) is 6.27. The van der Waals surface area contributed by atoms with Crippen LogP contribution in [0, 0.1) is 6.92 Å². The van der Waals surface area contributed by atoms with E-state index in [1.54, 1.807) is 6.92 Å². The lowest BCUT2D eigenvalue weighted by molar-refractivity contribution is 0.189. The zero-order chi connectivity index (χ0) is 8.72. The van der Waals surface area contributed by atoms with E-state index < -0.39 is 0 Å². The van der Waals surface area contributed by atoms with Crippen LogP contribution in [0.2, 0.25) is 0 Å². The maximum Gasteiger partial charge on any atom is 0.279 e. The van der Waals surface area contributed by atoms with Gasteiger partial charge < -0.3 is 10.2 Å². The van der Waals surface area contributed by atoms with E-state index in [0.29, 0.717) is 5.82 Å². The van der Waals surface area contributed by atoms with Crippen LogP contribution in [0.3, 0.4) is 0 Å². The van der Waals surface area contributed by atoms with Gasteiger partial charge in [0.1, 0.15) is 5.82 Å². The normalized spacial score (nSPS) is 10.8. The van der Waals surface area contributed by atoms with Gasteiger partial charge in [0.2, 0.25) is 5.65 Å². The van der Waals surface area contributed by atoms with Crippen LogP contribution in [0.5, 0.6) is 0 Å². The summed E-state index contributed by atoms with van der Waals surface area (Å²) in [5, 5.41) is 9.26. The minimum Gasteiger partial charge on any atom is -0.425 e. The third-order valence-corrected chi connectivity index (χ3v) is 1.59. The van der Waals surface area contributed by atoms with Gasteiger partial charge in [-0.05, 0) is 6.92 Å². The summed E-state index contributed by atoms with van der Waals surface area (Å²) < 4.78 is 0.782. The van der Waals surface area contributed by atoms with E-state index in [-0.39, 0.29) is 16.7 Å². The minimum atomic E-state index is -0.351. The quantitative estimate of drug-likeness (QED) is 0.524. The summed E-state index contributed by atoms with van der Waals surface area (Å²) in [6.45, 7) is 1.58. The smallest absolute Gasteiger partial charge is 0.279 e. The number of nitrogens with one attached hydrogen (secondary N) is 1. The fourth-order valence-corrected chi connectivity index (χ4v) is 1.00. The number of hydrogen-bond acceptors (Lipinski definition) is 4. The highest BCUT2D eigenvalue weighted by Gasteiger charge is 2.09. The number of H-pyrrole nitrogens is 1. The average molecular weight is 166 g/mol. The number of aromatic nitrogens is 4. The van der Waals surface area contributed by atoms with Crippen molar-refractivity contribution in [2.75, 3.05) is 0 Å². The molecule has 0 atom stereocenters. The number of aryl methyl sites for hydroxylation is 1. The van der Waals surface area contributed by atoms with E-state index in [0.717, 1.165) is 4.73 Å². The molecule has 6 nitrogen and oxygen atoms in total. The predicted molar refractivity (Wildman–Crippen MR) is 40.1 cm³/mol. The molecule has 2 rings (SSSR count). The largest absolute Gasteiger partial charge is 0.425 e. The van der Waals surface area contributed by atoms with Gasteiger partial charge in [-0.1, -0.05) is 0 Å². The van der Waals surface area contributed by atoms with Crippen LogP contribution < -0.4 is 5.56 Å². The molecule has 0 spiro atoms. The molecule has 0 bridgehead atoms. The molecular formula is C6H6N4O2. The van der Waals surface area contributed by atoms with Gasteiger partial charge in [-0.25, -0.2) is 9.97 Å². The van der Waals surface area contributed by atoms with Crippen molar-refractivity contribution in [3.05, 3.63) is 22.5 Å². The third kappa shape index (κ3) is 0.714. The lowest BCUT2D eigenvalue weighted by Gasteiger charge is -1.91. The Labute approximate surface area is 66.5 Å². The minimum absolute atomic E-state index is 0.150. The summed E-state index contributed by atoms with van der Waals surface area (Å²) in [6, 6.07) is 0. The van der Waals surface area contributed by atoms with Gasteiger partial charge >= 0.3 is 0 Å². The third-order valence-electron chi connectivity index (χ3n) is 1.59. The molecule has 0 saturated carbocycles. The second-order valence-electron chi connectivity index (χ2n) is 2.37. The first-order valence-corrected chi connectivity index (χ1v) is 3.32. The topological polar surface area (TPSA) is 83.8 Å². The summed E-state index contributed by atoms with van der Waals surface area (Å²) in [7, 11) is 0. The Kier molecular flexibility index (Phi) is 1.18. The second kappa shape index (κ2) is 2.07. The lowest BCUT2D eigenvalue weighted by Crippen LogP contribution is -2.06. The first-order valence-electron chi connectivity index (χ1n) is 3.32. The molecule has 0 aliphatic heterocycles. The maximum atomic E-state index is 11.1. The molecule has 0 radical (unpaired) electrons. The summed E-state index contributed by atoms with van der Waals surface area (Å²) in [4.78, 5) is 21.0. The van der Waals surface area contributed by atoms with Gasteiger partial charge in [-0.2, -0.15) is 4.73 Å². The van der Waals surface area contributed by atoms with Crippen LogP contribution in [-0.2, 0) is 0 Å². The average Bonchev–Trinajstić information content (AvgIpc) is 2.32. The molecule has 0 amide bonds. The fourth-order valence-electron chi connectivity index (χ4n) is 1.00. The molecule has 2 N–H and O–H groups in total. The van der Waals surface area contributed by atoms with Crippen molar-refractivity contribution in [3.63, 3.8) is 0 Å². The Balaban J connectivity index is 3.05. The molecular weight excluding hydrogens is 160 g/mol. The van der Waals surface area contributed by atoms with E-state index in [1.807, 2.05) is 0 Å². The Morgan fingerprint density at radius 1 is 1.67 bits per heavy atom. The second-order valence-corrected chi connectivity index (χ2v) is 2.37. The van der Waals surface area contributed by atoms with Crippen molar-refractivity contribution in [2.45, 2.75) is 6.92 Å². The summed E-state index contributed by atoms with van der Waals surface area (Å²) in [5.41, 5.74) is -0.0235. The Morgan fingerprint density at radius 3 is 3.08 bits per heavy atom. The first kappa shape index (κ1) is 6.84. The Bertz CT molecular complexity index is 484. The molecule has 12 heavy (non-hydrogen) atoms. The van der Waals surface area contributed by atoms with Gasteiger partial charge in [-0.15, -0.1) is 0 Å². The standard InChI is InChI=1S/C6H6N4O2/c1-3-9-4-5(10(3)12)7-2-8-6(4)11/h2,12H,1H3,(H,7,8,11). The van der Waals surface area contributed by atoms with E-state index >= 15 is 0 Å². The molecule has 2 aromatic heterocycles. The van der Waals surface area contributed by atoms with E-state index in [4.69, 9.17) is 0 Å². The highest BCUT2D eigenvalue weighted by molar-refractivity contribution is 5.69. The van der Waals surface area contributed by atoms with Gasteiger partial charge in [0, 0.05) is 0 Å². The van der Waals surface area contributed by atoms with Gasteiger partial charge in [-0.3, -0.25) is 4.79 Å². The highest BCUT2D eigenvalue weighted by Crippen LogP contribution is 2.04. The summed E-state index contributed by atoms with van der Waals surface area (Å²) in [5.74, 6) is 0.342. The van der Waals surface area contributed by atoms with E-state index in [1.165, 1.54) is 6.33 Å². The van der Waals surface area contributed by atoms with Crippen LogP contribution in [0.15, 0.2) is 11.1 Å². The molecule has 2 aromatic rings. The van der Waals surface area contributed by atoms with Crippen molar-refractivity contribution < 1.29 is 5.21 Å². The number of fused-ring (bicyclic) bond motifs is 1. The van der Waals surface area contributed by atoms with Gasteiger partial charge in [0.05, 0.1) is 6.33 Å². The monoisotopic (exact) mass is 166 g/mol. The molecule has 6 heteroatoms. The van der Waals surface area contributed by atoms with E-state index in [9.17, 15) is 10.0 Å². The van der Waals surface area contributed by atoms with Crippen LogP contribution >= 0.6 is 0 Å². The van der Waals surface area contributed by atoms with Crippen LogP contribution in [-0.4, -0.2) is 24.9 Å². The highest BCUT2D eigenvalue weighted by atomic mass is 16.5. The predicted octanol–water partition coefficient (Wildman–Crippen LogP) is -0.335. The van der Waals surface area contributed by atoms with Gasteiger partial charge in [0.15, 0.2) is 5.52 Å². The molecule has 0 unspecified atom stereocenters. The molecule has 0 aliphatic rings. The molecule has 0 fully saturated rings. The molecule has 2 heterocycles. The number of rotatable bonds is 0.